The summed E-state index contributed by atoms with van der Waals surface area (Å²) in [5, 5.41) is 0. The molecule has 3 aromatic carbocycles. The summed E-state index contributed by atoms with van der Waals surface area (Å²) < 4.78 is 10.6. The van der Waals surface area contributed by atoms with Crippen LogP contribution in [0.2, 0.25) is 0 Å². The summed E-state index contributed by atoms with van der Waals surface area (Å²) >= 11 is 0. The van der Waals surface area contributed by atoms with Crippen molar-refractivity contribution in [1.82, 2.24) is 0 Å². The molecule has 0 aliphatic heterocycles. The van der Waals surface area contributed by atoms with Gasteiger partial charge in [0.25, 0.3) is 0 Å². The van der Waals surface area contributed by atoms with Crippen molar-refractivity contribution in [3.8, 4) is 11.5 Å². The molecule has 0 heterocycles. The molecule has 3 heteroatoms. The standard InChI is InChI=1S/C17H16O3.C7H8/c1-3-7-13-10-11-15(16(12-13)19-2)20-17(18)14-8-5-4-6-9-14;1-7-5-3-2-4-6-7/h3-6,8-12H,1,7H2,2H3;2-6H,1H3. The summed E-state index contributed by atoms with van der Waals surface area (Å²) in [5.41, 5.74) is 2.88. The SMILES string of the molecule is C=CCc1ccc(OC(=O)c2ccccc2)c(OC)c1.Cc1ccccc1. The van der Waals surface area contributed by atoms with Gasteiger partial charge >= 0.3 is 5.97 Å². The lowest BCUT2D eigenvalue weighted by atomic mass is 10.1. The van der Waals surface area contributed by atoms with Crippen LogP contribution in [0.3, 0.4) is 0 Å². The minimum absolute atomic E-state index is 0.402. The van der Waals surface area contributed by atoms with E-state index in [2.05, 4.69) is 25.6 Å². The lowest BCUT2D eigenvalue weighted by Gasteiger charge is -2.10. The molecule has 138 valence electrons. The van der Waals surface area contributed by atoms with Gasteiger partial charge in [0.15, 0.2) is 11.5 Å². The molecule has 0 saturated carbocycles. The third kappa shape index (κ3) is 6.48. The zero-order valence-corrected chi connectivity index (χ0v) is 15.7. The van der Waals surface area contributed by atoms with Gasteiger partial charge in [0.1, 0.15) is 0 Å². The fourth-order valence-corrected chi connectivity index (χ4v) is 2.36. The molecule has 3 rings (SSSR count). The first kappa shape index (κ1) is 20.0. The predicted octanol–water partition coefficient (Wildman–Crippen LogP) is 5.64. The van der Waals surface area contributed by atoms with Crippen LogP contribution in [0.25, 0.3) is 0 Å². The fourth-order valence-electron chi connectivity index (χ4n) is 2.36. The molecule has 0 radical (unpaired) electrons. The molecular formula is C24H24O3. The summed E-state index contributed by atoms with van der Waals surface area (Å²) in [6.45, 7) is 5.78. The summed E-state index contributed by atoms with van der Waals surface area (Å²) in [7, 11) is 1.55. The molecule has 27 heavy (non-hydrogen) atoms. The van der Waals surface area contributed by atoms with Gasteiger partial charge < -0.3 is 9.47 Å². The van der Waals surface area contributed by atoms with E-state index in [-0.39, 0.29) is 0 Å². The van der Waals surface area contributed by atoms with Crippen molar-refractivity contribution in [1.29, 1.82) is 0 Å². The van der Waals surface area contributed by atoms with Crippen LogP contribution in [0, 0.1) is 6.92 Å². The van der Waals surface area contributed by atoms with Crippen molar-refractivity contribution < 1.29 is 14.3 Å². The first-order chi connectivity index (χ1) is 13.1. The van der Waals surface area contributed by atoms with E-state index in [4.69, 9.17) is 9.47 Å². The molecule has 0 aromatic heterocycles. The summed E-state index contributed by atoms with van der Waals surface area (Å²) in [5.74, 6) is 0.545. The van der Waals surface area contributed by atoms with Crippen LogP contribution in [0.1, 0.15) is 21.5 Å². The van der Waals surface area contributed by atoms with E-state index in [1.165, 1.54) is 5.56 Å². The largest absolute Gasteiger partial charge is 0.493 e. The Morgan fingerprint density at radius 1 is 0.926 bits per heavy atom. The zero-order valence-electron chi connectivity index (χ0n) is 15.7. The summed E-state index contributed by atoms with van der Waals surface area (Å²) in [6.07, 6.45) is 2.55. The molecule has 3 nitrogen and oxygen atoms in total. The third-order valence-electron chi connectivity index (χ3n) is 3.76. The third-order valence-corrected chi connectivity index (χ3v) is 3.76. The quantitative estimate of drug-likeness (QED) is 0.336. The van der Waals surface area contributed by atoms with Crippen LogP contribution in [-0.4, -0.2) is 13.1 Å². The van der Waals surface area contributed by atoms with Gasteiger partial charge in [-0.2, -0.15) is 0 Å². The molecule has 0 aliphatic rings. The molecular weight excluding hydrogens is 336 g/mol. The van der Waals surface area contributed by atoms with E-state index < -0.39 is 5.97 Å². The van der Waals surface area contributed by atoms with E-state index in [1.54, 1.807) is 37.4 Å². The number of methoxy groups -OCH3 is 1. The first-order valence-electron chi connectivity index (χ1n) is 8.70. The average Bonchev–Trinajstić information content (AvgIpc) is 2.71. The smallest absolute Gasteiger partial charge is 0.343 e. The number of carbonyl (C=O) groups is 1. The number of esters is 1. The van der Waals surface area contributed by atoms with Crippen molar-refractivity contribution in [3.05, 3.63) is 108 Å². The average molecular weight is 360 g/mol. The van der Waals surface area contributed by atoms with Gasteiger partial charge in [-0.1, -0.05) is 66.2 Å². The van der Waals surface area contributed by atoms with Crippen LogP contribution < -0.4 is 9.47 Å². The lowest BCUT2D eigenvalue weighted by Crippen LogP contribution is -2.09. The normalized spacial score (nSPS) is 9.56. The molecule has 0 N–H and O–H groups in total. The maximum Gasteiger partial charge on any atom is 0.343 e. The van der Waals surface area contributed by atoms with Crippen LogP contribution >= 0.6 is 0 Å². The van der Waals surface area contributed by atoms with Gasteiger partial charge in [0, 0.05) is 0 Å². The number of ether oxygens (including phenoxy) is 2. The molecule has 0 atom stereocenters. The van der Waals surface area contributed by atoms with Crippen molar-refractivity contribution in [3.63, 3.8) is 0 Å². The second kappa shape index (κ2) is 10.6. The van der Waals surface area contributed by atoms with E-state index in [0.29, 0.717) is 17.1 Å². The monoisotopic (exact) mass is 360 g/mol. The van der Waals surface area contributed by atoms with Crippen LogP contribution in [-0.2, 0) is 6.42 Å². The molecule has 0 fully saturated rings. The number of rotatable bonds is 5. The van der Waals surface area contributed by atoms with Crippen molar-refractivity contribution in [2.24, 2.45) is 0 Å². The number of allylic oxidation sites excluding steroid dienone is 1. The van der Waals surface area contributed by atoms with Gasteiger partial charge in [0.05, 0.1) is 12.7 Å². The molecule has 0 spiro atoms. The van der Waals surface area contributed by atoms with Gasteiger partial charge in [-0.25, -0.2) is 4.79 Å². The van der Waals surface area contributed by atoms with Gasteiger partial charge in [0.2, 0.25) is 0 Å². The minimum Gasteiger partial charge on any atom is -0.493 e. The molecule has 0 aliphatic carbocycles. The van der Waals surface area contributed by atoms with E-state index >= 15 is 0 Å². The van der Waals surface area contributed by atoms with Crippen LogP contribution in [0.4, 0.5) is 0 Å². The molecule has 0 amide bonds. The van der Waals surface area contributed by atoms with Crippen LogP contribution in [0.5, 0.6) is 11.5 Å². The second-order valence-corrected chi connectivity index (χ2v) is 5.89. The van der Waals surface area contributed by atoms with Crippen molar-refractivity contribution in [2.45, 2.75) is 13.3 Å². The number of hydrogen-bond acceptors (Lipinski definition) is 3. The Labute approximate surface area is 160 Å². The molecule has 0 saturated heterocycles. The molecule has 0 bridgehead atoms. The summed E-state index contributed by atoms with van der Waals surface area (Å²) in [4.78, 5) is 12.0. The predicted molar refractivity (Wildman–Crippen MR) is 109 cm³/mol. The fraction of sp³-hybridized carbons (Fsp3) is 0.125. The van der Waals surface area contributed by atoms with E-state index in [9.17, 15) is 4.79 Å². The van der Waals surface area contributed by atoms with Crippen molar-refractivity contribution >= 4 is 5.97 Å². The Balaban J connectivity index is 0.000000313. The Bertz CT molecular complexity index is 855. The van der Waals surface area contributed by atoms with Crippen LogP contribution in [0.15, 0.2) is 91.5 Å². The van der Waals surface area contributed by atoms with Gasteiger partial charge in [-0.05, 0) is 43.2 Å². The zero-order chi connectivity index (χ0) is 19.5. The topological polar surface area (TPSA) is 35.5 Å². The van der Waals surface area contributed by atoms with Gasteiger partial charge in [-0.15, -0.1) is 6.58 Å². The number of carbonyl (C=O) groups excluding carboxylic acids is 1. The van der Waals surface area contributed by atoms with Crippen molar-refractivity contribution in [2.75, 3.05) is 7.11 Å². The first-order valence-corrected chi connectivity index (χ1v) is 8.70. The lowest BCUT2D eigenvalue weighted by molar-refractivity contribution is 0.0729. The Kier molecular flexibility index (Phi) is 7.86. The molecule has 3 aromatic rings. The number of benzene rings is 3. The second-order valence-electron chi connectivity index (χ2n) is 5.89. The Morgan fingerprint density at radius 2 is 1.56 bits per heavy atom. The summed E-state index contributed by atoms with van der Waals surface area (Å²) in [6, 6.07) is 24.6. The Morgan fingerprint density at radius 3 is 2.07 bits per heavy atom. The highest BCUT2D eigenvalue weighted by Gasteiger charge is 2.12. The minimum atomic E-state index is -0.402. The Hall–Kier alpha value is -3.33. The maximum atomic E-state index is 12.0. The number of hydrogen-bond donors (Lipinski definition) is 0. The molecule has 0 unspecified atom stereocenters. The number of aryl methyl sites for hydroxylation is 1. The van der Waals surface area contributed by atoms with E-state index in [0.717, 1.165) is 12.0 Å². The maximum absolute atomic E-state index is 12.0. The highest BCUT2D eigenvalue weighted by atomic mass is 16.6. The van der Waals surface area contributed by atoms with E-state index in [1.807, 2.05) is 42.5 Å². The van der Waals surface area contributed by atoms with Gasteiger partial charge in [-0.3, -0.25) is 0 Å². The highest BCUT2D eigenvalue weighted by Crippen LogP contribution is 2.29. The highest BCUT2D eigenvalue weighted by molar-refractivity contribution is 5.91.